The molecule has 0 amide bonds. The summed E-state index contributed by atoms with van der Waals surface area (Å²) in [6.45, 7) is 0.345. The predicted molar refractivity (Wildman–Crippen MR) is 53.4 cm³/mol. The van der Waals surface area contributed by atoms with E-state index >= 15 is 0 Å². The molecule has 82 valence electrons. The molecule has 16 heavy (non-hydrogen) atoms. The van der Waals surface area contributed by atoms with Gasteiger partial charge in [0.1, 0.15) is 23.2 Å². The summed E-state index contributed by atoms with van der Waals surface area (Å²) in [6, 6.07) is 3.08. The Hall–Kier alpha value is -1.60. The maximum atomic E-state index is 13.6. The van der Waals surface area contributed by atoms with Gasteiger partial charge in [0, 0.05) is 11.5 Å². The molecule has 1 aliphatic heterocycles. The number of nitriles is 1. The van der Waals surface area contributed by atoms with Gasteiger partial charge in [-0.05, 0) is 24.0 Å². The van der Waals surface area contributed by atoms with E-state index in [0.29, 0.717) is 29.8 Å². The molecule has 3 nitrogen and oxygen atoms in total. The molecule has 4 heteroatoms. The van der Waals surface area contributed by atoms with Gasteiger partial charge in [-0.15, -0.1) is 0 Å². The zero-order chi connectivity index (χ0) is 11.3. The van der Waals surface area contributed by atoms with Crippen LogP contribution in [0, 0.1) is 23.1 Å². The zero-order valence-electron chi connectivity index (χ0n) is 8.53. The van der Waals surface area contributed by atoms with Crippen molar-refractivity contribution < 1.29 is 14.2 Å². The zero-order valence-corrected chi connectivity index (χ0v) is 8.53. The number of aliphatic hydroxyl groups excluding tert-OH is 1. The summed E-state index contributed by atoms with van der Waals surface area (Å²) >= 11 is 0. The first kappa shape index (κ1) is 9.61. The van der Waals surface area contributed by atoms with Crippen LogP contribution < -0.4 is 4.74 Å². The normalized spacial score (nSPS) is 25.1. The van der Waals surface area contributed by atoms with E-state index in [1.165, 1.54) is 6.07 Å². The highest BCUT2D eigenvalue weighted by Gasteiger charge is 2.46. The molecule has 2 unspecified atom stereocenters. The Labute approximate surface area is 92.1 Å². The average Bonchev–Trinajstić information content (AvgIpc) is 3.06. The van der Waals surface area contributed by atoms with Crippen LogP contribution >= 0.6 is 0 Å². The fourth-order valence-corrected chi connectivity index (χ4v) is 2.46. The Bertz CT molecular complexity index is 507. The lowest BCUT2D eigenvalue weighted by molar-refractivity contribution is 0.261. The highest BCUT2D eigenvalue weighted by molar-refractivity contribution is 5.57. The third-order valence-electron chi connectivity index (χ3n) is 3.37. The minimum atomic E-state index is -0.607. The maximum Gasteiger partial charge on any atom is 0.145 e. The molecule has 0 radical (unpaired) electrons. The number of benzene rings is 1. The SMILES string of the molecule is N#Cc1c(F)cc(CO)c2c1OCC1CC21. The van der Waals surface area contributed by atoms with Crippen LogP contribution in [0.3, 0.4) is 0 Å². The molecule has 1 aromatic rings. The van der Waals surface area contributed by atoms with Crippen LogP contribution in [0.1, 0.15) is 29.0 Å². The second-order valence-corrected chi connectivity index (χ2v) is 4.32. The number of hydrogen-bond donors (Lipinski definition) is 1. The Balaban J connectivity index is 2.26. The Morgan fingerprint density at radius 2 is 2.44 bits per heavy atom. The fourth-order valence-electron chi connectivity index (χ4n) is 2.46. The molecule has 1 aliphatic carbocycles. The number of ether oxygens (including phenoxy) is 1. The summed E-state index contributed by atoms with van der Waals surface area (Å²) in [4.78, 5) is 0. The van der Waals surface area contributed by atoms with Crippen LogP contribution in [0.25, 0.3) is 0 Å². The Kier molecular flexibility index (Phi) is 1.92. The largest absolute Gasteiger partial charge is 0.491 e. The van der Waals surface area contributed by atoms with Crippen LogP contribution in [-0.4, -0.2) is 11.7 Å². The van der Waals surface area contributed by atoms with E-state index in [-0.39, 0.29) is 12.2 Å². The first-order chi connectivity index (χ1) is 7.76. The van der Waals surface area contributed by atoms with Crippen molar-refractivity contribution in [3.63, 3.8) is 0 Å². The van der Waals surface area contributed by atoms with Crippen LogP contribution in [0.5, 0.6) is 5.75 Å². The van der Waals surface area contributed by atoms with Gasteiger partial charge >= 0.3 is 0 Å². The summed E-state index contributed by atoms with van der Waals surface area (Å²) < 4.78 is 19.0. The molecule has 0 bridgehead atoms. The van der Waals surface area contributed by atoms with E-state index in [4.69, 9.17) is 10.00 Å². The number of hydrogen-bond acceptors (Lipinski definition) is 3. The lowest BCUT2D eigenvalue weighted by Crippen LogP contribution is -2.13. The van der Waals surface area contributed by atoms with E-state index in [9.17, 15) is 9.50 Å². The molecule has 1 saturated carbocycles. The van der Waals surface area contributed by atoms with Crippen molar-refractivity contribution >= 4 is 0 Å². The number of fused-ring (bicyclic) bond motifs is 3. The maximum absolute atomic E-state index is 13.6. The minimum Gasteiger partial charge on any atom is -0.491 e. The molecule has 0 saturated heterocycles. The van der Waals surface area contributed by atoms with Gasteiger partial charge in [0.15, 0.2) is 0 Å². The molecule has 1 fully saturated rings. The Morgan fingerprint density at radius 1 is 1.62 bits per heavy atom. The van der Waals surface area contributed by atoms with Crippen LogP contribution in [0.2, 0.25) is 0 Å². The highest BCUT2D eigenvalue weighted by atomic mass is 19.1. The highest BCUT2D eigenvalue weighted by Crippen LogP contribution is 2.55. The lowest BCUT2D eigenvalue weighted by Gasteiger charge is -2.20. The number of nitrogens with zero attached hydrogens (tertiary/aromatic N) is 1. The smallest absolute Gasteiger partial charge is 0.145 e. The molecule has 1 N–H and O–H groups in total. The molecule has 0 aromatic heterocycles. The van der Waals surface area contributed by atoms with E-state index in [1.807, 2.05) is 6.07 Å². The standard InChI is InChI=1S/C12H10FNO2/c13-10-2-6(4-15)11-8-1-7(8)5-16-12(11)9(10)3-14/h2,7-8,15H,1,4-5H2. The van der Waals surface area contributed by atoms with Gasteiger partial charge < -0.3 is 9.84 Å². The van der Waals surface area contributed by atoms with Crippen LogP contribution in [0.15, 0.2) is 6.07 Å². The number of aliphatic hydroxyl groups is 1. The van der Waals surface area contributed by atoms with Crippen molar-refractivity contribution in [2.45, 2.75) is 18.9 Å². The summed E-state index contributed by atoms with van der Waals surface area (Å²) in [5.74, 6) is 0.572. The van der Waals surface area contributed by atoms with Crippen LogP contribution in [-0.2, 0) is 6.61 Å². The third kappa shape index (κ3) is 1.15. The summed E-state index contributed by atoms with van der Waals surface area (Å²) in [6.07, 6.45) is 1.01. The van der Waals surface area contributed by atoms with Gasteiger partial charge in [0.05, 0.1) is 13.2 Å². The second-order valence-electron chi connectivity index (χ2n) is 4.32. The summed E-state index contributed by atoms with van der Waals surface area (Å²) in [7, 11) is 0. The first-order valence-corrected chi connectivity index (χ1v) is 5.25. The van der Waals surface area contributed by atoms with Gasteiger partial charge in [0.2, 0.25) is 0 Å². The molecular weight excluding hydrogens is 209 g/mol. The van der Waals surface area contributed by atoms with Crippen molar-refractivity contribution in [3.05, 3.63) is 28.6 Å². The van der Waals surface area contributed by atoms with Gasteiger partial charge in [0.25, 0.3) is 0 Å². The minimum absolute atomic E-state index is 0.0300. The molecular formula is C12H10FNO2. The van der Waals surface area contributed by atoms with Crippen molar-refractivity contribution in [2.24, 2.45) is 5.92 Å². The van der Waals surface area contributed by atoms with E-state index in [0.717, 1.165) is 12.0 Å². The predicted octanol–water partition coefficient (Wildman–Crippen LogP) is 1.69. The summed E-state index contributed by atoms with van der Waals surface area (Å²) in [5, 5.41) is 18.1. The van der Waals surface area contributed by atoms with Gasteiger partial charge in [-0.25, -0.2) is 4.39 Å². The summed E-state index contributed by atoms with van der Waals surface area (Å²) in [5.41, 5.74) is 1.37. The number of halogens is 1. The third-order valence-corrected chi connectivity index (χ3v) is 3.37. The monoisotopic (exact) mass is 219 g/mol. The molecule has 3 rings (SSSR count). The van der Waals surface area contributed by atoms with Crippen molar-refractivity contribution in [3.8, 4) is 11.8 Å². The van der Waals surface area contributed by atoms with Gasteiger partial charge in [-0.1, -0.05) is 0 Å². The molecule has 1 heterocycles. The van der Waals surface area contributed by atoms with E-state index in [1.54, 1.807) is 0 Å². The van der Waals surface area contributed by atoms with E-state index in [2.05, 4.69) is 0 Å². The first-order valence-electron chi connectivity index (χ1n) is 5.25. The Morgan fingerprint density at radius 3 is 3.12 bits per heavy atom. The van der Waals surface area contributed by atoms with Crippen molar-refractivity contribution in [1.82, 2.24) is 0 Å². The fraction of sp³-hybridized carbons (Fsp3) is 0.417. The molecule has 2 aliphatic rings. The lowest BCUT2D eigenvalue weighted by atomic mass is 9.96. The average molecular weight is 219 g/mol. The van der Waals surface area contributed by atoms with Gasteiger partial charge in [-0.2, -0.15) is 5.26 Å². The van der Waals surface area contributed by atoms with Crippen LogP contribution in [0.4, 0.5) is 4.39 Å². The molecule has 2 atom stereocenters. The van der Waals surface area contributed by atoms with Gasteiger partial charge in [-0.3, -0.25) is 0 Å². The van der Waals surface area contributed by atoms with Crippen molar-refractivity contribution in [2.75, 3.05) is 6.61 Å². The molecule has 1 aromatic carbocycles. The quantitative estimate of drug-likeness (QED) is 0.781. The number of rotatable bonds is 1. The van der Waals surface area contributed by atoms with E-state index < -0.39 is 5.82 Å². The molecule has 0 spiro atoms. The van der Waals surface area contributed by atoms with Crippen molar-refractivity contribution in [1.29, 1.82) is 5.26 Å². The second kappa shape index (κ2) is 3.19. The topological polar surface area (TPSA) is 53.2 Å².